The van der Waals surface area contributed by atoms with Gasteiger partial charge in [0.25, 0.3) is 0 Å². The molecule has 0 aromatic heterocycles. The number of hydrogen-bond acceptors (Lipinski definition) is 2. The fraction of sp³-hybridized carbons (Fsp3) is 0.600. The average Bonchev–Trinajstić information content (AvgIpc) is 2.91. The minimum atomic E-state index is -0.570. The highest BCUT2D eigenvalue weighted by Gasteiger charge is 2.29. The summed E-state index contributed by atoms with van der Waals surface area (Å²) in [6.07, 6.45) is 1.86. The Bertz CT molecular complexity index is 461. The van der Waals surface area contributed by atoms with Gasteiger partial charge in [-0.25, -0.2) is 4.39 Å². The summed E-state index contributed by atoms with van der Waals surface area (Å²) >= 11 is 11.9. The molecule has 0 bridgehead atoms. The van der Waals surface area contributed by atoms with Crippen LogP contribution < -0.4 is 10.1 Å². The summed E-state index contributed by atoms with van der Waals surface area (Å²) in [6, 6.07) is 3.02. The molecule has 0 saturated carbocycles. The molecule has 2 atom stereocenters. The van der Waals surface area contributed by atoms with Crippen molar-refractivity contribution in [3.05, 3.63) is 28.0 Å². The van der Waals surface area contributed by atoms with Gasteiger partial charge in [-0.2, -0.15) is 0 Å². The minimum absolute atomic E-state index is 0.0391. The maximum absolute atomic E-state index is 14.1. The van der Waals surface area contributed by atoms with E-state index in [1.807, 2.05) is 0 Å². The lowest BCUT2D eigenvalue weighted by Gasteiger charge is -2.26. The third kappa shape index (κ3) is 3.78. The third-order valence-corrected chi connectivity index (χ3v) is 4.19. The van der Waals surface area contributed by atoms with Crippen molar-refractivity contribution in [2.24, 2.45) is 11.8 Å². The molecule has 1 aliphatic rings. The molecule has 0 aliphatic carbocycles. The Morgan fingerprint density at radius 1 is 1.35 bits per heavy atom. The topological polar surface area (TPSA) is 21.3 Å². The second-order valence-electron chi connectivity index (χ2n) is 5.71. The van der Waals surface area contributed by atoms with Crippen LogP contribution in [0.2, 0.25) is 10.0 Å². The van der Waals surface area contributed by atoms with Crippen LogP contribution in [0.3, 0.4) is 0 Å². The molecule has 2 rings (SSSR count). The fourth-order valence-electron chi connectivity index (χ4n) is 2.56. The van der Waals surface area contributed by atoms with E-state index in [0.29, 0.717) is 11.8 Å². The van der Waals surface area contributed by atoms with E-state index in [1.165, 1.54) is 6.07 Å². The van der Waals surface area contributed by atoms with Crippen molar-refractivity contribution in [3.63, 3.8) is 0 Å². The first-order valence-corrected chi connectivity index (χ1v) is 7.75. The van der Waals surface area contributed by atoms with E-state index in [4.69, 9.17) is 27.9 Å². The van der Waals surface area contributed by atoms with Gasteiger partial charge in [-0.15, -0.1) is 0 Å². The molecule has 1 N–H and O–H groups in total. The van der Waals surface area contributed by atoms with Crippen LogP contribution >= 0.6 is 23.2 Å². The minimum Gasteiger partial charge on any atom is -0.485 e. The molecule has 5 heteroatoms. The molecular weight excluding hydrogens is 300 g/mol. The zero-order valence-electron chi connectivity index (χ0n) is 11.8. The lowest BCUT2D eigenvalue weighted by molar-refractivity contribution is 0.114. The molecule has 0 radical (unpaired) electrons. The largest absolute Gasteiger partial charge is 0.485 e. The van der Waals surface area contributed by atoms with Crippen molar-refractivity contribution in [1.82, 2.24) is 5.32 Å². The van der Waals surface area contributed by atoms with Crippen LogP contribution in [0, 0.1) is 17.7 Å². The molecule has 20 heavy (non-hydrogen) atoms. The van der Waals surface area contributed by atoms with Gasteiger partial charge in [0, 0.05) is 12.5 Å². The van der Waals surface area contributed by atoms with Crippen LogP contribution in [-0.4, -0.2) is 19.2 Å². The van der Waals surface area contributed by atoms with Gasteiger partial charge in [0.1, 0.15) is 6.10 Å². The number of benzene rings is 1. The molecule has 0 spiro atoms. The summed E-state index contributed by atoms with van der Waals surface area (Å²) in [6.45, 7) is 6.15. The highest BCUT2D eigenvalue weighted by Crippen LogP contribution is 2.35. The van der Waals surface area contributed by atoms with Crippen molar-refractivity contribution in [2.45, 2.75) is 32.8 Å². The van der Waals surface area contributed by atoms with Gasteiger partial charge in [-0.1, -0.05) is 37.0 Å². The van der Waals surface area contributed by atoms with Gasteiger partial charge in [-0.05, 0) is 37.4 Å². The van der Waals surface area contributed by atoms with Crippen LogP contribution in [0.5, 0.6) is 5.75 Å². The first-order chi connectivity index (χ1) is 9.49. The average molecular weight is 320 g/mol. The number of ether oxygens (including phenoxy) is 1. The fourth-order valence-corrected chi connectivity index (χ4v) is 2.90. The highest BCUT2D eigenvalue weighted by atomic mass is 35.5. The SMILES string of the molecule is CC(C)C[C@H](Oc1c(Cl)ccc(Cl)c1F)C1CCNC1. The van der Waals surface area contributed by atoms with E-state index in [0.717, 1.165) is 25.9 Å². The molecule has 0 amide bonds. The summed E-state index contributed by atoms with van der Waals surface area (Å²) in [5.74, 6) is 0.365. The monoisotopic (exact) mass is 319 g/mol. The van der Waals surface area contributed by atoms with Gasteiger partial charge >= 0.3 is 0 Å². The van der Waals surface area contributed by atoms with E-state index < -0.39 is 5.82 Å². The van der Waals surface area contributed by atoms with E-state index in [1.54, 1.807) is 6.07 Å². The molecule has 2 nitrogen and oxygen atoms in total. The van der Waals surface area contributed by atoms with Gasteiger partial charge in [-0.3, -0.25) is 0 Å². The third-order valence-electron chi connectivity index (χ3n) is 3.60. The normalized spacial score (nSPS) is 20.4. The predicted octanol–water partition coefficient (Wildman–Crippen LogP) is 4.54. The van der Waals surface area contributed by atoms with Gasteiger partial charge in [0.15, 0.2) is 11.6 Å². The molecule has 112 valence electrons. The standard InChI is InChI=1S/C15H20Cl2FNO/c1-9(2)7-13(10-5-6-19-8-10)20-15-12(17)4-3-11(16)14(15)18/h3-4,9-10,13,19H,5-8H2,1-2H3/t10?,13-/m0/s1. The Balaban J connectivity index is 2.20. The van der Waals surface area contributed by atoms with Crippen molar-refractivity contribution >= 4 is 23.2 Å². The van der Waals surface area contributed by atoms with Crippen LogP contribution in [0.15, 0.2) is 12.1 Å². The Morgan fingerprint density at radius 2 is 2.05 bits per heavy atom. The zero-order valence-corrected chi connectivity index (χ0v) is 13.3. The maximum Gasteiger partial charge on any atom is 0.185 e. The smallest absolute Gasteiger partial charge is 0.185 e. The quantitative estimate of drug-likeness (QED) is 0.805. The summed E-state index contributed by atoms with van der Waals surface area (Å²) in [5.41, 5.74) is 0. The van der Waals surface area contributed by atoms with Gasteiger partial charge < -0.3 is 10.1 Å². The molecule has 1 unspecified atom stereocenters. The second-order valence-corrected chi connectivity index (χ2v) is 6.53. The lowest BCUT2D eigenvalue weighted by atomic mass is 9.93. The Hall–Kier alpha value is -0.510. The van der Waals surface area contributed by atoms with Crippen LogP contribution in [0.1, 0.15) is 26.7 Å². The molecular formula is C15H20Cl2FNO. The lowest BCUT2D eigenvalue weighted by Crippen LogP contribution is -2.30. The first-order valence-electron chi connectivity index (χ1n) is 7.00. The van der Waals surface area contributed by atoms with Crippen molar-refractivity contribution in [1.29, 1.82) is 0 Å². The highest BCUT2D eigenvalue weighted by molar-refractivity contribution is 6.34. The first kappa shape index (κ1) is 15.9. The van der Waals surface area contributed by atoms with Crippen LogP contribution in [0.4, 0.5) is 4.39 Å². The van der Waals surface area contributed by atoms with Gasteiger partial charge in [0.2, 0.25) is 0 Å². The molecule has 1 fully saturated rings. The molecule has 1 aromatic carbocycles. The second kappa shape index (κ2) is 6.97. The van der Waals surface area contributed by atoms with E-state index in [2.05, 4.69) is 19.2 Å². The number of halogens is 3. The van der Waals surface area contributed by atoms with Crippen molar-refractivity contribution < 1.29 is 9.13 Å². The number of hydrogen-bond donors (Lipinski definition) is 1. The van der Waals surface area contributed by atoms with Crippen molar-refractivity contribution in [3.8, 4) is 5.75 Å². The predicted molar refractivity (Wildman–Crippen MR) is 81.3 cm³/mol. The Labute approximate surface area is 129 Å². The number of nitrogens with one attached hydrogen (secondary N) is 1. The Morgan fingerprint density at radius 3 is 2.65 bits per heavy atom. The van der Waals surface area contributed by atoms with Crippen LogP contribution in [0.25, 0.3) is 0 Å². The molecule has 1 aromatic rings. The number of rotatable bonds is 5. The van der Waals surface area contributed by atoms with E-state index in [-0.39, 0.29) is 21.9 Å². The summed E-state index contributed by atoms with van der Waals surface area (Å²) in [7, 11) is 0. The summed E-state index contributed by atoms with van der Waals surface area (Å²) in [5, 5.41) is 3.63. The summed E-state index contributed by atoms with van der Waals surface area (Å²) in [4.78, 5) is 0. The van der Waals surface area contributed by atoms with Crippen molar-refractivity contribution in [2.75, 3.05) is 13.1 Å². The maximum atomic E-state index is 14.1. The summed E-state index contributed by atoms with van der Waals surface area (Å²) < 4.78 is 20.0. The van der Waals surface area contributed by atoms with Crippen LogP contribution in [-0.2, 0) is 0 Å². The zero-order chi connectivity index (χ0) is 14.7. The van der Waals surface area contributed by atoms with E-state index in [9.17, 15) is 4.39 Å². The molecule has 1 heterocycles. The van der Waals surface area contributed by atoms with E-state index >= 15 is 0 Å². The Kier molecular flexibility index (Phi) is 5.53. The van der Waals surface area contributed by atoms with Gasteiger partial charge in [0.05, 0.1) is 10.0 Å². The molecule has 1 aliphatic heterocycles. The molecule has 1 saturated heterocycles.